The van der Waals surface area contributed by atoms with Crippen LogP contribution in [-0.2, 0) is 54.9 Å². The van der Waals surface area contributed by atoms with Gasteiger partial charge in [-0.05, 0) is 44.8 Å². The third kappa shape index (κ3) is 9.78. The molecule has 2 aliphatic rings. The monoisotopic (exact) mass is 770 g/mol. The molecule has 2 heterocycles. The number of benzene rings is 4. The highest BCUT2D eigenvalue weighted by Crippen LogP contribution is 2.41. The van der Waals surface area contributed by atoms with Gasteiger partial charge in [-0.3, -0.25) is 4.79 Å². The Balaban J connectivity index is 1.35. The molecule has 0 spiro atoms. The Labute approximate surface area is 299 Å². The molecule has 2 aliphatic heterocycles. The standard InChI is InChI=1S/C42H43IO6/c1-42(48-30-35-20-12-5-13-21-35)39(24-36-22-23-37(26-44)43-25-36)49-38(31-45-27-32-14-6-2-7-15-32)40(46-28-33-16-8-3-9-17-33)41(42)47-29-34-18-10-4-11-19-34/h2-23,25-26,38-41H,24,27-31H2,1H3/t38-,39+,40-,41+,42-/m1/s1. The summed E-state index contributed by atoms with van der Waals surface area (Å²) >= 11 is -0.512. The Morgan fingerprint density at radius 3 is 1.76 bits per heavy atom. The highest BCUT2D eigenvalue weighted by Gasteiger charge is 2.56. The Hall–Kier alpha value is -3.57. The van der Waals surface area contributed by atoms with Crippen LogP contribution in [0.5, 0.6) is 0 Å². The lowest BCUT2D eigenvalue weighted by atomic mass is 9.80. The fraction of sp³-hybridized carbons (Fsp3) is 0.286. The number of halogens is 1. The van der Waals surface area contributed by atoms with Crippen LogP contribution >= 0.6 is 20.7 Å². The Morgan fingerprint density at radius 2 is 1.22 bits per heavy atom. The van der Waals surface area contributed by atoms with Gasteiger partial charge in [0.25, 0.3) is 0 Å². The van der Waals surface area contributed by atoms with E-state index in [9.17, 15) is 4.79 Å². The molecular formula is C42H43IO6. The molecule has 1 saturated heterocycles. The van der Waals surface area contributed by atoms with Crippen molar-refractivity contribution < 1.29 is 28.5 Å². The lowest BCUT2D eigenvalue weighted by molar-refractivity contribution is -0.308. The SMILES string of the molecule is C[C@@]1(OCc2ccccc2)[C@H](CC2=CC=C(C=O)I=C2)O[C@H](COCc2ccccc2)[C@@H](OCc2ccccc2)[C@@H]1OCc1ccccc1. The van der Waals surface area contributed by atoms with Crippen molar-refractivity contribution in [3.63, 3.8) is 0 Å². The largest absolute Gasteiger partial charge is 0.374 e. The number of carbonyl (C=O) groups excluding carboxylic acids is 1. The molecule has 0 aliphatic carbocycles. The normalized spacial score (nSPS) is 23.6. The zero-order chi connectivity index (χ0) is 33.7. The van der Waals surface area contributed by atoms with Crippen molar-refractivity contribution in [3.8, 4) is 0 Å². The van der Waals surface area contributed by atoms with Gasteiger partial charge in [0.15, 0.2) is 6.29 Å². The van der Waals surface area contributed by atoms with Crippen LogP contribution in [0.25, 0.3) is 0 Å². The summed E-state index contributed by atoms with van der Waals surface area (Å²) in [7, 11) is 0. The minimum absolute atomic E-state index is 0.315. The number of ether oxygens (including phenoxy) is 5. The van der Waals surface area contributed by atoms with E-state index in [1.807, 2.05) is 84.9 Å². The van der Waals surface area contributed by atoms with Crippen LogP contribution in [-0.4, -0.2) is 46.9 Å². The molecule has 49 heavy (non-hydrogen) atoms. The Kier molecular flexibility index (Phi) is 12.9. The first-order chi connectivity index (χ1) is 24.1. The number of aldehydes is 1. The summed E-state index contributed by atoms with van der Waals surface area (Å²) in [4.78, 5) is 11.5. The second-order valence-electron chi connectivity index (χ2n) is 12.4. The van der Waals surface area contributed by atoms with Gasteiger partial charge in [0.1, 0.15) is 23.9 Å². The second-order valence-corrected chi connectivity index (χ2v) is 14.9. The summed E-state index contributed by atoms with van der Waals surface area (Å²) in [5.41, 5.74) is 4.50. The summed E-state index contributed by atoms with van der Waals surface area (Å²) < 4.78 is 37.3. The predicted molar refractivity (Wildman–Crippen MR) is 201 cm³/mol. The number of hydrogen-bond donors (Lipinski definition) is 0. The molecule has 0 amide bonds. The van der Waals surface area contributed by atoms with E-state index in [4.69, 9.17) is 23.7 Å². The van der Waals surface area contributed by atoms with Gasteiger partial charge in [0.2, 0.25) is 0 Å². The molecule has 0 N–H and O–H groups in total. The van der Waals surface area contributed by atoms with Crippen LogP contribution in [0.2, 0.25) is 0 Å². The first-order valence-corrected chi connectivity index (χ1v) is 19.0. The summed E-state index contributed by atoms with van der Waals surface area (Å²) in [5, 5.41) is 0. The summed E-state index contributed by atoms with van der Waals surface area (Å²) in [6, 6.07) is 40.7. The van der Waals surface area contributed by atoms with Crippen LogP contribution in [0.3, 0.4) is 0 Å². The third-order valence-corrected chi connectivity index (χ3v) is 11.3. The number of allylic oxidation sites excluding steroid dienone is 3. The molecule has 0 aromatic heterocycles. The third-order valence-electron chi connectivity index (χ3n) is 8.86. The molecular weight excluding hydrogens is 727 g/mol. The van der Waals surface area contributed by atoms with E-state index in [-0.39, 0.29) is 0 Å². The van der Waals surface area contributed by atoms with E-state index in [1.165, 1.54) is 0 Å². The molecule has 6 rings (SSSR count). The first-order valence-electron chi connectivity index (χ1n) is 16.7. The highest BCUT2D eigenvalue weighted by molar-refractivity contribution is 14.2. The van der Waals surface area contributed by atoms with E-state index in [1.54, 1.807) is 0 Å². The number of hydrogen-bond acceptors (Lipinski definition) is 6. The van der Waals surface area contributed by atoms with Crippen molar-refractivity contribution in [2.75, 3.05) is 6.61 Å². The minimum Gasteiger partial charge on any atom is -0.374 e. The predicted octanol–water partition coefficient (Wildman–Crippen LogP) is 8.30. The molecule has 4 aromatic rings. The molecule has 5 atom stereocenters. The van der Waals surface area contributed by atoms with Gasteiger partial charge in [-0.1, -0.05) is 148 Å². The zero-order valence-corrected chi connectivity index (χ0v) is 29.9. The molecule has 7 heteroatoms. The summed E-state index contributed by atoms with van der Waals surface area (Å²) in [5.74, 6) is 0. The van der Waals surface area contributed by atoms with Crippen molar-refractivity contribution in [1.82, 2.24) is 0 Å². The van der Waals surface area contributed by atoms with Crippen molar-refractivity contribution in [1.29, 1.82) is 0 Å². The van der Waals surface area contributed by atoms with Crippen LogP contribution in [0.15, 0.2) is 143 Å². The lowest BCUT2D eigenvalue weighted by Gasteiger charge is -2.52. The average Bonchev–Trinajstić information content (AvgIpc) is 3.16. The maximum Gasteiger partial charge on any atom is 0.155 e. The van der Waals surface area contributed by atoms with E-state index in [0.717, 1.165) is 37.7 Å². The molecule has 0 unspecified atom stereocenters. The fourth-order valence-electron chi connectivity index (χ4n) is 6.13. The highest BCUT2D eigenvalue weighted by atomic mass is 127. The lowest BCUT2D eigenvalue weighted by Crippen LogP contribution is -2.67. The van der Waals surface area contributed by atoms with E-state index in [0.29, 0.717) is 39.5 Å². The molecule has 0 radical (unpaired) electrons. The average molecular weight is 771 g/mol. The summed E-state index contributed by atoms with van der Waals surface area (Å²) in [6.45, 7) is 4.02. The van der Waals surface area contributed by atoms with Crippen LogP contribution < -0.4 is 0 Å². The van der Waals surface area contributed by atoms with Gasteiger partial charge in [-0.15, -0.1) is 0 Å². The Morgan fingerprint density at radius 1 is 0.694 bits per heavy atom. The zero-order valence-electron chi connectivity index (χ0n) is 27.7. The smallest absolute Gasteiger partial charge is 0.155 e. The maximum atomic E-state index is 11.5. The molecule has 4 aromatic carbocycles. The minimum atomic E-state index is -0.913. The number of rotatable bonds is 16. The van der Waals surface area contributed by atoms with Crippen molar-refractivity contribution in [3.05, 3.63) is 165 Å². The van der Waals surface area contributed by atoms with Crippen molar-refractivity contribution >= 4 is 31.0 Å². The topological polar surface area (TPSA) is 63.2 Å². The van der Waals surface area contributed by atoms with Crippen LogP contribution in [0, 0.1) is 0 Å². The quantitative estimate of drug-likeness (QED) is 0.0845. The van der Waals surface area contributed by atoms with Gasteiger partial charge in [0, 0.05) is 10.0 Å². The van der Waals surface area contributed by atoms with Crippen molar-refractivity contribution in [2.24, 2.45) is 0 Å². The first kappa shape index (κ1) is 35.3. The molecule has 0 bridgehead atoms. The van der Waals surface area contributed by atoms with Crippen molar-refractivity contribution in [2.45, 2.75) is 69.8 Å². The van der Waals surface area contributed by atoms with Gasteiger partial charge in [-0.25, -0.2) is 0 Å². The van der Waals surface area contributed by atoms with Gasteiger partial charge in [-0.2, -0.15) is 0 Å². The van der Waals surface area contributed by atoms with Crippen LogP contribution in [0.4, 0.5) is 0 Å². The van der Waals surface area contributed by atoms with E-state index >= 15 is 0 Å². The summed E-state index contributed by atoms with van der Waals surface area (Å²) in [6.07, 6.45) is 3.69. The number of carbonyl (C=O) groups is 1. The molecule has 0 saturated carbocycles. The molecule has 1 fully saturated rings. The molecule has 6 nitrogen and oxygen atoms in total. The van der Waals surface area contributed by atoms with Gasteiger partial charge >= 0.3 is 0 Å². The van der Waals surface area contributed by atoms with E-state index < -0.39 is 50.7 Å². The van der Waals surface area contributed by atoms with Crippen LogP contribution in [0.1, 0.15) is 35.6 Å². The maximum absolute atomic E-state index is 11.5. The Bertz CT molecular complexity index is 1690. The molecule has 254 valence electrons. The fourth-order valence-corrected chi connectivity index (χ4v) is 7.89. The van der Waals surface area contributed by atoms with E-state index in [2.05, 4.69) is 59.5 Å². The van der Waals surface area contributed by atoms with Gasteiger partial charge < -0.3 is 23.7 Å². The second kappa shape index (κ2) is 17.9. The van der Waals surface area contributed by atoms with Gasteiger partial charge in [0.05, 0.1) is 39.1 Å².